The Labute approximate surface area is 108 Å². The quantitative estimate of drug-likeness (QED) is 0.856. The fourth-order valence-corrected chi connectivity index (χ4v) is 1.93. The van der Waals surface area contributed by atoms with Gasteiger partial charge in [-0.3, -0.25) is 0 Å². The van der Waals surface area contributed by atoms with Crippen LogP contribution in [0.2, 0.25) is 0 Å². The van der Waals surface area contributed by atoms with Gasteiger partial charge in [0.05, 0.1) is 5.56 Å². The molecule has 18 heavy (non-hydrogen) atoms. The third kappa shape index (κ3) is 3.10. The first-order valence-electron chi connectivity index (χ1n) is 5.46. The second-order valence-corrected chi connectivity index (χ2v) is 4.65. The molecule has 1 saturated carbocycles. The lowest BCUT2D eigenvalue weighted by Gasteiger charge is -2.26. The lowest BCUT2D eigenvalue weighted by atomic mass is 10.2. The number of aromatic nitrogens is 1. The molecular formula is C11H12F3N3S. The van der Waals surface area contributed by atoms with Crippen LogP contribution >= 0.6 is 12.2 Å². The van der Waals surface area contributed by atoms with Gasteiger partial charge in [-0.15, -0.1) is 0 Å². The van der Waals surface area contributed by atoms with E-state index in [1.54, 1.807) is 12.1 Å². The van der Waals surface area contributed by atoms with Crippen LogP contribution in [0, 0.1) is 0 Å². The molecule has 0 atom stereocenters. The maximum Gasteiger partial charge on any atom is 0.405 e. The van der Waals surface area contributed by atoms with Crippen molar-refractivity contribution in [2.75, 3.05) is 11.4 Å². The van der Waals surface area contributed by atoms with Crippen LogP contribution in [0.15, 0.2) is 18.3 Å². The maximum absolute atomic E-state index is 12.6. The minimum atomic E-state index is -4.27. The van der Waals surface area contributed by atoms with Crippen LogP contribution in [0.4, 0.5) is 19.0 Å². The fourth-order valence-electron chi connectivity index (χ4n) is 1.77. The van der Waals surface area contributed by atoms with Gasteiger partial charge in [-0.1, -0.05) is 12.2 Å². The third-order valence-electron chi connectivity index (χ3n) is 2.66. The molecule has 3 nitrogen and oxygen atoms in total. The molecule has 0 unspecified atom stereocenters. The van der Waals surface area contributed by atoms with Crippen molar-refractivity contribution in [2.24, 2.45) is 5.73 Å². The zero-order valence-electron chi connectivity index (χ0n) is 9.44. The second kappa shape index (κ2) is 4.72. The van der Waals surface area contributed by atoms with Crippen LogP contribution in [0.3, 0.4) is 0 Å². The van der Waals surface area contributed by atoms with E-state index < -0.39 is 12.7 Å². The molecule has 1 aliphatic rings. The van der Waals surface area contributed by atoms with Crippen molar-refractivity contribution in [2.45, 2.75) is 25.1 Å². The molecule has 0 aromatic carbocycles. The van der Waals surface area contributed by atoms with E-state index in [2.05, 4.69) is 4.98 Å². The van der Waals surface area contributed by atoms with E-state index in [0.29, 0.717) is 5.56 Å². The summed E-state index contributed by atoms with van der Waals surface area (Å²) in [7, 11) is 0. The van der Waals surface area contributed by atoms with E-state index in [1.165, 1.54) is 11.1 Å². The first-order chi connectivity index (χ1) is 8.38. The van der Waals surface area contributed by atoms with E-state index in [4.69, 9.17) is 18.0 Å². The van der Waals surface area contributed by atoms with E-state index in [0.717, 1.165) is 12.8 Å². The van der Waals surface area contributed by atoms with Crippen molar-refractivity contribution < 1.29 is 13.2 Å². The summed E-state index contributed by atoms with van der Waals surface area (Å²) >= 11 is 4.85. The Morgan fingerprint density at radius 3 is 2.67 bits per heavy atom. The van der Waals surface area contributed by atoms with Gasteiger partial charge in [-0.25, -0.2) is 4.98 Å². The van der Waals surface area contributed by atoms with Gasteiger partial charge >= 0.3 is 6.18 Å². The van der Waals surface area contributed by atoms with Crippen molar-refractivity contribution in [3.63, 3.8) is 0 Å². The summed E-state index contributed by atoms with van der Waals surface area (Å²) in [5, 5.41) is 0. The molecule has 1 aromatic heterocycles. The molecule has 0 amide bonds. The number of halogens is 3. The Bertz CT molecular complexity index is 457. The van der Waals surface area contributed by atoms with Gasteiger partial charge < -0.3 is 10.6 Å². The average Bonchev–Trinajstić information content (AvgIpc) is 3.08. The third-order valence-corrected chi connectivity index (χ3v) is 2.88. The highest BCUT2D eigenvalue weighted by Crippen LogP contribution is 2.34. The molecule has 1 aliphatic carbocycles. The van der Waals surface area contributed by atoms with Crippen molar-refractivity contribution in [3.05, 3.63) is 23.9 Å². The van der Waals surface area contributed by atoms with Gasteiger partial charge in [0.25, 0.3) is 0 Å². The predicted molar refractivity (Wildman–Crippen MR) is 66.5 cm³/mol. The summed E-state index contributed by atoms with van der Waals surface area (Å²) in [6.07, 6.45) is -1.34. The molecule has 0 spiro atoms. The molecule has 0 saturated heterocycles. The molecule has 98 valence electrons. The average molecular weight is 275 g/mol. The Hall–Kier alpha value is -1.37. The van der Waals surface area contributed by atoms with Gasteiger partial charge in [0.15, 0.2) is 0 Å². The molecule has 7 heteroatoms. The van der Waals surface area contributed by atoms with Crippen LogP contribution < -0.4 is 10.6 Å². The molecule has 1 heterocycles. The van der Waals surface area contributed by atoms with E-state index in [1.807, 2.05) is 0 Å². The Kier molecular flexibility index (Phi) is 3.43. The van der Waals surface area contributed by atoms with Crippen molar-refractivity contribution in [1.29, 1.82) is 0 Å². The number of anilines is 1. The summed E-state index contributed by atoms with van der Waals surface area (Å²) < 4.78 is 37.7. The van der Waals surface area contributed by atoms with Crippen LogP contribution in [-0.2, 0) is 0 Å². The summed E-state index contributed by atoms with van der Waals surface area (Å²) in [6, 6.07) is 3.09. The van der Waals surface area contributed by atoms with Gasteiger partial charge in [-0.05, 0) is 25.0 Å². The summed E-state index contributed by atoms with van der Waals surface area (Å²) in [5.74, 6) is 0.227. The van der Waals surface area contributed by atoms with Crippen molar-refractivity contribution in [3.8, 4) is 0 Å². The number of pyridine rings is 1. The number of thiocarbonyl (C=S) groups is 1. The monoisotopic (exact) mass is 275 g/mol. The maximum atomic E-state index is 12.6. The standard InChI is InChI=1S/C11H12F3N3S/c12-11(13,14)6-17(7-3-4-7)10-8(9(15)18)2-1-5-16-10/h1-2,5,7H,3-4,6H2,(H2,15,18). The number of rotatable bonds is 4. The predicted octanol–water partition coefficient (Wildman–Crippen LogP) is 2.25. The Morgan fingerprint density at radius 1 is 1.50 bits per heavy atom. The largest absolute Gasteiger partial charge is 0.405 e. The number of hydrogen-bond acceptors (Lipinski definition) is 3. The number of alkyl halides is 3. The lowest BCUT2D eigenvalue weighted by Crippen LogP contribution is -2.37. The Balaban J connectivity index is 2.33. The van der Waals surface area contributed by atoms with E-state index >= 15 is 0 Å². The molecule has 0 bridgehead atoms. The molecule has 2 N–H and O–H groups in total. The highest BCUT2D eigenvalue weighted by atomic mass is 32.1. The van der Waals surface area contributed by atoms with Crippen LogP contribution in [0.5, 0.6) is 0 Å². The zero-order chi connectivity index (χ0) is 13.3. The van der Waals surface area contributed by atoms with Gasteiger partial charge in [0.1, 0.15) is 17.4 Å². The van der Waals surface area contributed by atoms with E-state index in [9.17, 15) is 13.2 Å². The summed E-state index contributed by atoms with van der Waals surface area (Å²) in [5.41, 5.74) is 5.91. The minimum Gasteiger partial charge on any atom is -0.389 e. The number of nitrogens with zero attached hydrogens (tertiary/aromatic N) is 2. The first-order valence-corrected chi connectivity index (χ1v) is 5.87. The SMILES string of the molecule is NC(=S)c1cccnc1N(CC(F)(F)F)C1CC1. The van der Waals surface area contributed by atoms with E-state index in [-0.39, 0.29) is 16.8 Å². The number of nitrogens with two attached hydrogens (primary N) is 1. The summed E-state index contributed by atoms with van der Waals surface area (Å²) in [4.78, 5) is 5.31. The molecule has 1 fully saturated rings. The van der Waals surface area contributed by atoms with Crippen LogP contribution in [0.1, 0.15) is 18.4 Å². The highest BCUT2D eigenvalue weighted by Gasteiger charge is 2.39. The van der Waals surface area contributed by atoms with Gasteiger partial charge in [-0.2, -0.15) is 13.2 Å². The molecule has 0 aliphatic heterocycles. The zero-order valence-corrected chi connectivity index (χ0v) is 10.3. The van der Waals surface area contributed by atoms with Crippen molar-refractivity contribution in [1.82, 2.24) is 4.98 Å². The summed E-state index contributed by atoms with van der Waals surface area (Å²) in [6.45, 7) is -1.02. The second-order valence-electron chi connectivity index (χ2n) is 4.21. The van der Waals surface area contributed by atoms with Gasteiger partial charge in [0.2, 0.25) is 0 Å². The number of hydrogen-bond donors (Lipinski definition) is 1. The fraction of sp³-hybridized carbons (Fsp3) is 0.455. The van der Waals surface area contributed by atoms with Gasteiger partial charge in [0, 0.05) is 12.2 Å². The minimum absolute atomic E-state index is 0.0610. The normalized spacial score (nSPS) is 15.5. The Morgan fingerprint density at radius 2 is 2.17 bits per heavy atom. The smallest absolute Gasteiger partial charge is 0.389 e. The molecule has 1 aromatic rings. The highest BCUT2D eigenvalue weighted by molar-refractivity contribution is 7.80. The lowest BCUT2D eigenvalue weighted by molar-refractivity contribution is -0.120. The van der Waals surface area contributed by atoms with Crippen LogP contribution in [-0.4, -0.2) is 28.7 Å². The molecule has 0 radical (unpaired) electrons. The molecule has 2 rings (SSSR count). The van der Waals surface area contributed by atoms with Crippen LogP contribution in [0.25, 0.3) is 0 Å². The first kappa shape index (κ1) is 13.1. The van der Waals surface area contributed by atoms with Crippen molar-refractivity contribution >= 4 is 23.0 Å². The topological polar surface area (TPSA) is 42.1 Å². The molecular weight excluding hydrogens is 263 g/mol.